The van der Waals surface area contributed by atoms with Gasteiger partial charge in [0.2, 0.25) is 0 Å². The summed E-state index contributed by atoms with van der Waals surface area (Å²) in [7, 11) is 0. The number of guanidine groups is 1. The van der Waals surface area contributed by atoms with Crippen molar-refractivity contribution in [2.75, 3.05) is 31.1 Å². The normalized spacial score (nSPS) is 18.2. The third-order valence-electron chi connectivity index (χ3n) is 4.01. The predicted octanol–water partition coefficient (Wildman–Crippen LogP) is 3.84. The van der Waals surface area contributed by atoms with Crippen molar-refractivity contribution >= 4 is 51.6 Å². The van der Waals surface area contributed by atoms with Crippen LogP contribution in [0.4, 0.5) is 5.69 Å². The molecule has 1 aromatic carbocycles. The average Bonchev–Trinajstić information content (AvgIpc) is 2.93. The van der Waals surface area contributed by atoms with Gasteiger partial charge < -0.3 is 16.0 Å². The van der Waals surface area contributed by atoms with Crippen LogP contribution in [0.5, 0.6) is 0 Å². The third kappa shape index (κ3) is 7.28. The zero-order valence-corrected chi connectivity index (χ0v) is 17.9. The smallest absolute Gasteiger partial charge is 0.188 e. The van der Waals surface area contributed by atoms with Gasteiger partial charge in [-0.1, -0.05) is 35.8 Å². The van der Waals surface area contributed by atoms with Gasteiger partial charge in [0.05, 0.1) is 0 Å². The number of aliphatic imine (C=N–C) groups is 1. The molecule has 1 atom stereocenters. The molecule has 0 saturated carbocycles. The molecule has 2 rings (SSSR count). The van der Waals surface area contributed by atoms with E-state index in [1.54, 1.807) is 0 Å². The number of hydrogen-bond donors (Lipinski definition) is 2. The zero-order valence-electron chi connectivity index (χ0n) is 14.0. The van der Waals surface area contributed by atoms with Crippen molar-refractivity contribution in [3.63, 3.8) is 0 Å². The Labute approximate surface area is 165 Å². The summed E-state index contributed by atoms with van der Waals surface area (Å²) in [5, 5.41) is 3.20. The first-order valence-electron chi connectivity index (χ1n) is 8.09. The Morgan fingerprint density at radius 3 is 2.96 bits per heavy atom. The average molecular weight is 495 g/mol. The third-order valence-corrected chi connectivity index (χ3v) is 4.50. The van der Waals surface area contributed by atoms with Crippen LogP contribution < -0.4 is 16.0 Å². The zero-order chi connectivity index (χ0) is 15.9. The van der Waals surface area contributed by atoms with Crippen LogP contribution in [0.1, 0.15) is 26.7 Å². The second-order valence-electron chi connectivity index (χ2n) is 6.42. The number of nitrogens with zero attached hydrogens (tertiary/aromatic N) is 2. The lowest BCUT2D eigenvalue weighted by Gasteiger charge is -2.18. The van der Waals surface area contributed by atoms with E-state index in [0.29, 0.717) is 17.8 Å². The Morgan fingerprint density at radius 1 is 1.48 bits per heavy atom. The van der Waals surface area contributed by atoms with Crippen LogP contribution in [0, 0.1) is 11.8 Å². The van der Waals surface area contributed by atoms with Gasteiger partial charge in [0, 0.05) is 36.3 Å². The van der Waals surface area contributed by atoms with Crippen LogP contribution in [-0.2, 0) is 0 Å². The highest BCUT2D eigenvalue weighted by Crippen LogP contribution is 2.26. The van der Waals surface area contributed by atoms with Crippen LogP contribution in [0.2, 0.25) is 0 Å². The van der Waals surface area contributed by atoms with E-state index in [1.807, 2.05) is 0 Å². The van der Waals surface area contributed by atoms with Gasteiger partial charge in [-0.15, -0.1) is 24.0 Å². The van der Waals surface area contributed by atoms with Crippen LogP contribution in [0.3, 0.4) is 0 Å². The number of benzene rings is 1. The van der Waals surface area contributed by atoms with E-state index in [4.69, 9.17) is 5.73 Å². The Hall–Kier alpha value is -0.500. The first kappa shape index (κ1) is 20.5. The summed E-state index contributed by atoms with van der Waals surface area (Å²) >= 11 is 3.53. The second kappa shape index (κ2) is 10.4. The van der Waals surface area contributed by atoms with Crippen LogP contribution in [0.15, 0.2) is 33.7 Å². The molecule has 0 aromatic heterocycles. The van der Waals surface area contributed by atoms with Gasteiger partial charge in [0.1, 0.15) is 0 Å². The number of anilines is 1. The fraction of sp³-hybridized carbons (Fsp3) is 0.588. The summed E-state index contributed by atoms with van der Waals surface area (Å²) in [5.41, 5.74) is 7.20. The lowest BCUT2D eigenvalue weighted by molar-refractivity contribution is 0.572. The lowest BCUT2D eigenvalue weighted by atomic mass is 10.1. The molecule has 1 aliphatic rings. The minimum absolute atomic E-state index is 0. The van der Waals surface area contributed by atoms with Crippen molar-refractivity contribution in [3.8, 4) is 0 Å². The summed E-state index contributed by atoms with van der Waals surface area (Å²) in [6.45, 7) is 8.29. The molecule has 0 spiro atoms. The fourth-order valence-electron chi connectivity index (χ4n) is 2.66. The molecule has 1 saturated heterocycles. The Balaban J connectivity index is 0.00000264. The van der Waals surface area contributed by atoms with E-state index in [9.17, 15) is 0 Å². The second-order valence-corrected chi connectivity index (χ2v) is 7.33. The maximum Gasteiger partial charge on any atom is 0.188 e. The molecule has 0 amide bonds. The van der Waals surface area contributed by atoms with Crippen molar-refractivity contribution < 1.29 is 0 Å². The van der Waals surface area contributed by atoms with E-state index in [0.717, 1.165) is 37.1 Å². The highest BCUT2D eigenvalue weighted by atomic mass is 127. The van der Waals surface area contributed by atoms with Gasteiger partial charge >= 0.3 is 0 Å². The van der Waals surface area contributed by atoms with Crippen molar-refractivity contribution in [1.82, 2.24) is 5.32 Å². The highest BCUT2D eigenvalue weighted by molar-refractivity contribution is 14.0. The Kier molecular flexibility index (Phi) is 9.27. The quantitative estimate of drug-likeness (QED) is 0.359. The molecule has 0 radical (unpaired) electrons. The minimum Gasteiger partial charge on any atom is -0.371 e. The molecule has 1 unspecified atom stereocenters. The molecule has 1 aromatic rings. The molecule has 1 aliphatic heterocycles. The van der Waals surface area contributed by atoms with Crippen molar-refractivity contribution in [2.45, 2.75) is 26.7 Å². The van der Waals surface area contributed by atoms with Crippen molar-refractivity contribution in [1.29, 1.82) is 0 Å². The molecule has 4 nitrogen and oxygen atoms in total. The van der Waals surface area contributed by atoms with E-state index in [-0.39, 0.29) is 24.0 Å². The monoisotopic (exact) mass is 494 g/mol. The van der Waals surface area contributed by atoms with Gasteiger partial charge in [0.15, 0.2) is 5.96 Å². The standard InChI is InChI=1S/C17H27BrN4.HI/c1-13(2)6-8-20-17(19)21-11-14-7-9-22(12-14)16-5-3-4-15(18)10-16;/h3-5,10,13-14H,6-9,11-12H2,1-2H3,(H3,19,20,21);1H. The number of rotatable bonds is 6. The molecule has 6 heteroatoms. The van der Waals surface area contributed by atoms with Gasteiger partial charge in [-0.3, -0.25) is 4.99 Å². The molecule has 3 N–H and O–H groups in total. The maximum atomic E-state index is 5.92. The van der Waals surface area contributed by atoms with Gasteiger partial charge in [0.25, 0.3) is 0 Å². The Bertz CT molecular complexity index is 507. The Morgan fingerprint density at radius 2 is 2.26 bits per heavy atom. The van der Waals surface area contributed by atoms with E-state index < -0.39 is 0 Å². The minimum atomic E-state index is 0. The molecular formula is C17H28BrIN4. The van der Waals surface area contributed by atoms with E-state index >= 15 is 0 Å². The van der Waals surface area contributed by atoms with Gasteiger partial charge in [-0.05, 0) is 42.9 Å². The van der Waals surface area contributed by atoms with E-state index in [1.165, 1.54) is 12.1 Å². The largest absolute Gasteiger partial charge is 0.371 e. The number of halogens is 2. The number of nitrogens with two attached hydrogens (primary N) is 1. The summed E-state index contributed by atoms with van der Waals surface area (Å²) < 4.78 is 1.13. The number of hydrogen-bond acceptors (Lipinski definition) is 2. The van der Waals surface area contributed by atoms with Gasteiger partial charge in [-0.2, -0.15) is 0 Å². The number of nitrogens with one attached hydrogen (secondary N) is 1. The molecule has 0 aliphatic carbocycles. The topological polar surface area (TPSA) is 53.6 Å². The maximum absolute atomic E-state index is 5.92. The van der Waals surface area contributed by atoms with Crippen molar-refractivity contribution in [3.05, 3.63) is 28.7 Å². The highest BCUT2D eigenvalue weighted by Gasteiger charge is 2.22. The van der Waals surface area contributed by atoms with E-state index in [2.05, 4.69) is 69.3 Å². The molecule has 23 heavy (non-hydrogen) atoms. The predicted molar refractivity (Wildman–Crippen MR) is 114 cm³/mol. The summed E-state index contributed by atoms with van der Waals surface area (Å²) in [5.74, 6) is 1.86. The molecule has 1 heterocycles. The SMILES string of the molecule is CC(C)CCNC(N)=NCC1CCN(c2cccc(Br)c2)C1.I. The van der Waals surface area contributed by atoms with Gasteiger partial charge in [-0.25, -0.2) is 0 Å². The first-order chi connectivity index (χ1) is 10.5. The molecule has 1 fully saturated rings. The fourth-order valence-corrected chi connectivity index (χ4v) is 3.05. The summed E-state index contributed by atoms with van der Waals surface area (Å²) in [6, 6.07) is 8.48. The lowest BCUT2D eigenvalue weighted by Crippen LogP contribution is -2.33. The molecular weight excluding hydrogens is 467 g/mol. The van der Waals surface area contributed by atoms with Crippen LogP contribution in [0.25, 0.3) is 0 Å². The van der Waals surface area contributed by atoms with Crippen LogP contribution >= 0.6 is 39.9 Å². The van der Waals surface area contributed by atoms with Crippen LogP contribution in [-0.4, -0.2) is 32.1 Å². The molecule has 130 valence electrons. The summed E-state index contributed by atoms with van der Waals surface area (Å²) in [6.07, 6.45) is 2.30. The summed E-state index contributed by atoms with van der Waals surface area (Å²) in [4.78, 5) is 6.92. The van der Waals surface area contributed by atoms with Crippen molar-refractivity contribution in [2.24, 2.45) is 22.6 Å². The molecule has 0 bridgehead atoms. The first-order valence-corrected chi connectivity index (χ1v) is 8.88.